The topological polar surface area (TPSA) is 174 Å². The second kappa shape index (κ2) is 10.5. The summed E-state index contributed by atoms with van der Waals surface area (Å²) in [5.74, 6) is -4.80. The maximum Gasteiger partial charge on any atom is 0.341 e. The standard InChI is InChI=1S/C27H34O13/c1-13(28)35-12-26-19(36-14(2)29)8-7-18(32)27(26)22(38-16(4)31)20(25(5,6)40-27)21(37-15(3)30)23(26)39-24(33)17-9-10-34-11-17/h9-11,18-23,32H,7-8,12H2,1-6H3/t18-,19-,20?,21+,22+,23+,26-,27?/m0/s1. The van der Waals surface area contributed by atoms with Gasteiger partial charge >= 0.3 is 29.8 Å². The minimum atomic E-state index is -1.93. The van der Waals surface area contributed by atoms with Gasteiger partial charge in [-0.2, -0.15) is 0 Å². The summed E-state index contributed by atoms with van der Waals surface area (Å²) >= 11 is 0. The number of hydrogen-bond donors (Lipinski definition) is 1. The van der Waals surface area contributed by atoms with Crippen molar-refractivity contribution in [2.45, 2.75) is 96.1 Å². The summed E-state index contributed by atoms with van der Waals surface area (Å²) in [6.45, 7) is 7.33. The molecule has 3 aliphatic rings. The molecule has 1 N–H and O–H groups in total. The highest BCUT2D eigenvalue weighted by atomic mass is 16.6. The highest BCUT2D eigenvalue weighted by Gasteiger charge is 2.85. The van der Waals surface area contributed by atoms with Crippen molar-refractivity contribution in [2.75, 3.05) is 6.61 Å². The maximum absolute atomic E-state index is 13.4. The first kappa shape index (κ1) is 29.5. The molecule has 4 rings (SSSR count). The number of ether oxygens (including phenoxy) is 6. The molecule has 2 saturated carbocycles. The van der Waals surface area contributed by atoms with E-state index in [1.54, 1.807) is 13.8 Å². The van der Waals surface area contributed by atoms with Crippen LogP contribution in [0.4, 0.5) is 0 Å². The van der Waals surface area contributed by atoms with Crippen LogP contribution in [0.2, 0.25) is 0 Å². The van der Waals surface area contributed by atoms with E-state index >= 15 is 0 Å². The van der Waals surface area contributed by atoms with Gasteiger partial charge in [0.25, 0.3) is 0 Å². The maximum atomic E-state index is 13.4. The van der Waals surface area contributed by atoms with Gasteiger partial charge in [0.05, 0.1) is 29.4 Å². The molecule has 1 saturated heterocycles. The largest absolute Gasteiger partial charge is 0.472 e. The van der Waals surface area contributed by atoms with Crippen LogP contribution in [0.25, 0.3) is 0 Å². The molecule has 2 heterocycles. The molecular weight excluding hydrogens is 532 g/mol. The summed E-state index contributed by atoms with van der Waals surface area (Å²) in [6, 6.07) is 1.36. The van der Waals surface area contributed by atoms with E-state index in [0.717, 1.165) is 20.1 Å². The molecular formula is C27H34O13. The molecule has 2 bridgehead atoms. The number of aliphatic hydroxyl groups is 1. The predicted molar refractivity (Wildman–Crippen MR) is 130 cm³/mol. The van der Waals surface area contributed by atoms with E-state index in [9.17, 15) is 29.1 Å². The normalized spacial score (nSPS) is 35.6. The monoisotopic (exact) mass is 566 g/mol. The van der Waals surface area contributed by atoms with Crippen LogP contribution in [0.5, 0.6) is 0 Å². The van der Waals surface area contributed by atoms with Crippen molar-refractivity contribution in [3.8, 4) is 0 Å². The number of aliphatic hydroxyl groups excluding tert-OH is 1. The molecule has 13 nitrogen and oxygen atoms in total. The van der Waals surface area contributed by atoms with Gasteiger partial charge in [-0.1, -0.05) is 0 Å². The Hall–Kier alpha value is -3.45. The van der Waals surface area contributed by atoms with Crippen molar-refractivity contribution in [1.29, 1.82) is 0 Å². The summed E-state index contributed by atoms with van der Waals surface area (Å²) in [4.78, 5) is 62.9. The van der Waals surface area contributed by atoms with Crippen LogP contribution < -0.4 is 0 Å². The van der Waals surface area contributed by atoms with Crippen molar-refractivity contribution in [2.24, 2.45) is 11.3 Å². The average molecular weight is 567 g/mol. The zero-order valence-electron chi connectivity index (χ0n) is 23.2. The number of hydrogen-bond acceptors (Lipinski definition) is 13. The summed E-state index contributed by atoms with van der Waals surface area (Å²) in [7, 11) is 0. The van der Waals surface area contributed by atoms with Crippen molar-refractivity contribution in [1.82, 2.24) is 0 Å². The number of fused-ring (bicyclic) bond motifs is 1. The minimum Gasteiger partial charge on any atom is -0.472 e. The molecule has 40 heavy (non-hydrogen) atoms. The highest BCUT2D eigenvalue weighted by Crippen LogP contribution is 2.67. The first-order valence-corrected chi connectivity index (χ1v) is 12.9. The molecule has 0 amide bonds. The van der Waals surface area contributed by atoms with Crippen LogP contribution in [-0.2, 0) is 47.6 Å². The molecule has 3 fully saturated rings. The fourth-order valence-electron chi connectivity index (χ4n) is 6.88. The Morgan fingerprint density at radius 1 is 0.900 bits per heavy atom. The summed E-state index contributed by atoms with van der Waals surface area (Å²) in [5.41, 5.74) is -5.09. The fourth-order valence-corrected chi connectivity index (χ4v) is 6.88. The predicted octanol–water partition coefficient (Wildman–Crippen LogP) is 1.48. The van der Waals surface area contributed by atoms with Gasteiger partial charge in [0.15, 0.2) is 6.10 Å². The quantitative estimate of drug-likeness (QED) is 0.372. The SMILES string of the molecule is CC(=O)OC[C@@]12[C@@H](OC(C)=O)CC[C@H](O)C13OC(C)(C)C([C@@H](OC(C)=O)[C@H]2OC(=O)c1ccoc1)[C@H]3OC(C)=O. The third kappa shape index (κ3) is 4.64. The summed E-state index contributed by atoms with van der Waals surface area (Å²) in [6.07, 6.45) is -4.29. The van der Waals surface area contributed by atoms with E-state index < -0.39 is 89.5 Å². The summed E-state index contributed by atoms with van der Waals surface area (Å²) in [5, 5.41) is 11.7. The number of carbonyl (C=O) groups is 5. The van der Waals surface area contributed by atoms with Crippen LogP contribution in [-0.4, -0.2) is 83.3 Å². The molecule has 2 aliphatic carbocycles. The minimum absolute atomic E-state index is 0.0216. The van der Waals surface area contributed by atoms with Gasteiger partial charge in [0, 0.05) is 27.7 Å². The third-order valence-corrected chi connectivity index (χ3v) is 8.05. The molecule has 0 aromatic carbocycles. The molecule has 220 valence electrons. The Balaban J connectivity index is 2.06. The molecule has 1 spiro atoms. The lowest BCUT2D eigenvalue weighted by Crippen LogP contribution is -2.80. The van der Waals surface area contributed by atoms with Gasteiger partial charge in [-0.15, -0.1) is 0 Å². The van der Waals surface area contributed by atoms with Gasteiger partial charge in [-0.3, -0.25) is 19.2 Å². The van der Waals surface area contributed by atoms with Gasteiger partial charge in [-0.05, 0) is 32.8 Å². The van der Waals surface area contributed by atoms with Crippen LogP contribution in [0, 0.1) is 11.3 Å². The fraction of sp³-hybridized carbons (Fsp3) is 0.667. The molecule has 1 aromatic heterocycles. The smallest absolute Gasteiger partial charge is 0.341 e. The zero-order chi connectivity index (χ0) is 29.6. The van der Waals surface area contributed by atoms with Crippen LogP contribution in [0.15, 0.2) is 23.0 Å². The number of carbonyl (C=O) groups excluding carboxylic acids is 5. The number of esters is 5. The second-order valence-electron chi connectivity index (χ2n) is 11.0. The lowest BCUT2D eigenvalue weighted by atomic mass is 9.49. The van der Waals surface area contributed by atoms with Crippen LogP contribution in [0.1, 0.15) is 64.7 Å². The second-order valence-corrected chi connectivity index (χ2v) is 11.0. The highest BCUT2D eigenvalue weighted by molar-refractivity contribution is 5.89. The first-order chi connectivity index (χ1) is 18.7. The van der Waals surface area contributed by atoms with Crippen molar-refractivity contribution in [3.63, 3.8) is 0 Å². The van der Waals surface area contributed by atoms with E-state index in [0.29, 0.717) is 0 Å². The zero-order valence-corrected chi connectivity index (χ0v) is 23.2. The molecule has 1 aromatic rings. The Bertz CT molecular complexity index is 1170. The Kier molecular flexibility index (Phi) is 7.76. The Morgan fingerprint density at radius 3 is 2.10 bits per heavy atom. The number of furan rings is 1. The van der Waals surface area contributed by atoms with Crippen molar-refractivity contribution < 1.29 is 61.9 Å². The lowest BCUT2D eigenvalue weighted by Gasteiger charge is -2.62. The van der Waals surface area contributed by atoms with E-state index in [1.165, 1.54) is 26.2 Å². The van der Waals surface area contributed by atoms with Crippen LogP contribution >= 0.6 is 0 Å². The van der Waals surface area contributed by atoms with Crippen molar-refractivity contribution >= 4 is 29.8 Å². The molecule has 1 aliphatic heterocycles. The van der Waals surface area contributed by atoms with Gasteiger partial charge in [0.1, 0.15) is 42.2 Å². The first-order valence-electron chi connectivity index (χ1n) is 12.9. The summed E-state index contributed by atoms with van der Waals surface area (Å²) < 4.78 is 40.6. The van der Waals surface area contributed by atoms with Gasteiger partial charge in [0.2, 0.25) is 0 Å². The molecule has 2 unspecified atom stereocenters. The van der Waals surface area contributed by atoms with Gasteiger partial charge in [-0.25, -0.2) is 4.79 Å². The molecule has 0 radical (unpaired) electrons. The van der Waals surface area contributed by atoms with E-state index in [4.69, 9.17) is 32.8 Å². The molecule has 8 atom stereocenters. The lowest BCUT2D eigenvalue weighted by molar-refractivity contribution is -0.325. The Labute approximate surface area is 230 Å². The van der Waals surface area contributed by atoms with Crippen molar-refractivity contribution in [3.05, 3.63) is 24.2 Å². The van der Waals surface area contributed by atoms with Crippen LogP contribution in [0.3, 0.4) is 0 Å². The van der Waals surface area contributed by atoms with E-state index in [2.05, 4.69) is 0 Å². The van der Waals surface area contributed by atoms with E-state index in [1.807, 2.05) is 0 Å². The average Bonchev–Trinajstić information content (AvgIpc) is 3.42. The van der Waals surface area contributed by atoms with Gasteiger partial charge < -0.3 is 37.9 Å². The molecule has 13 heteroatoms. The Morgan fingerprint density at radius 2 is 1.55 bits per heavy atom. The third-order valence-electron chi connectivity index (χ3n) is 8.05. The number of rotatable bonds is 7. The van der Waals surface area contributed by atoms with E-state index in [-0.39, 0.29) is 18.4 Å².